The molecule has 19 heavy (non-hydrogen) atoms. The first-order chi connectivity index (χ1) is 9.42. The van der Waals surface area contributed by atoms with E-state index in [0.717, 1.165) is 31.8 Å². The number of rotatable bonds is 4. The zero-order valence-corrected chi connectivity index (χ0v) is 10.9. The molecule has 4 nitrogen and oxygen atoms in total. The largest absolute Gasteiger partial charge is 0.309 e. The average molecular weight is 254 g/mol. The van der Waals surface area contributed by atoms with Crippen molar-refractivity contribution in [2.45, 2.75) is 25.4 Å². The Morgan fingerprint density at radius 2 is 2.21 bits per heavy atom. The van der Waals surface area contributed by atoms with E-state index in [9.17, 15) is 0 Å². The van der Waals surface area contributed by atoms with E-state index in [1.165, 1.54) is 5.56 Å². The molecule has 3 rings (SSSR count). The standard InChI is InChI=1S/C15H18N4/c1-2-5-13(6-3-1)7-4-10-16-14-8-9-15-17-12-18-19(15)11-14/h1-7,12,14,16H,8-11H2/b7-4+/t14-/m1/s1. The molecule has 1 aliphatic rings. The van der Waals surface area contributed by atoms with Gasteiger partial charge in [0, 0.05) is 19.0 Å². The molecule has 0 saturated heterocycles. The summed E-state index contributed by atoms with van der Waals surface area (Å²) in [4.78, 5) is 4.24. The highest BCUT2D eigenvalue weighted by Gasteiger charge is 2.18. The third-order valence-corrected chi connectivity index (χ3v) is 3.44. The lowest BCUT2D eigenvalue weighted by molar-refractivity contribution is 0.370. The number of aryl methyl sites for hydroxylation is 1. The second-order valence-corrected chi connectivity index (χ2v) is 4.82. The molecule has 1 atom stereocenters. The van der Waals surface area contributed by atoms with Crippen LogP contribution in [0.2, 0.25) is 0 Å². The fourth-order valence-electron chi connectivity index (χ4n) is 2.40. The van der Waals surface area contributed by atoms with Gasteiger partial charge in [0.1, 0.15) is 12.2 Å². The van der Waals surface area contributed by atoms with Crippen molar-refractivity contribution in [2.75, 3.05) is 6.54 Å². The highest BCUT2D eigenvalue weighted by molar-refractivity contribution is 5.48. The summed E-state index contributed by atoms with van der Waals surface area (Å²) < 4.78 is 2.00. The topological polar surface area (TPSA) is 42.7 Å². The number of hydrogen-bond donors (Lipinski definition) is 1. The van der Waals surface area contributed by atoms with E-state index in [0.29, 0.717) is 6.04 Å². The van der Waals surface area contributed by atoms with E-state index in [1.54, 1.807) is 6.33 Å². The maximum absolute atomic E-state index is 4.24. The van der Waals surface area contributed by atoms with Crippen LogP contribution in [-0.2, 0) is 13.0 Å². The normalized spacial score (nSPS) is 18.6. The Labute approximate surface area is 113 Å². The minimum Gasteiger partial charge on any atom is -0.309 e. The van der Waals surface area contributed by atoms with Gasteiger partial charge in [0.25, 0.3) is 0 Å². The van der Waals surface area contributed by atoms with Gasteiger partial charge < -0.3 is 5.32 Å². The molecule has 1 aromatic heterocycles. The van der Waals surface area contributed by atoms with E-state index in [1.807, 2.05) is 10.7 Å². The molecule has 0 saturated carbocycles. The van der Waals surface area contributed by atoms with E-state index >= 15 is 0 Å². The lowest BCUT2D eigenvalue weighted by atomic mass is 10.1. The minimum atomic E-state index is 0.495. The summed E-state index contributed by atoms with van der Waals surface area (Å²) in [7, 11) is 0. The minimum absolute atomic E-state index is 0.495. The fraction of sp³-hybridized carbons (Fsp3) is 0.333. The van der Waals surface area contributed by atoms with E-state index in [4.69, 9.17) is 0 Å². The van der Waals surface area contributed by atoms with E-state index in [2.05, 4.69) is 51.8 Å². The zero-order valence-electron chi connectivity index (χ0n) is 10.9. The third kappa shape index (κ3) is 3.09. The van der Waals surface area contributed by atoms with Crippen LogP contribution in [-0.4, -0.2) is 27.4 Å². The van der Waals surface area contributed by atoms with Gasteiger partial charge in [0.15, 0.2) is 0 Å². The van der Waals surface area contributed by atoms with Crippen LogP contribution < -0.4 is 5.32 Å². The third-order valence-electron chi connectivity index (χ3n) is 3.44. The smallest absolute Gasteiger partial charge is 0.138 e. The van der Waals surface area contributed by atoms with Crippen molar-refractivity contribution in [1.82, 2.24) is 20.1 Å². The maximum Gasteiger partial charge on any atom is 0.138 e. The molecule has 0 aliphatic carbocycles. The summed E-state index contributed by atoms with van der Waals surface area (Å²) in [5.41, 5.74) is 1.24. The molecule has 0 fully saturated rings. The van der Waals surface area contributed by atoms with Gasteiger partial charge in [-0.1, -0.05) is 42.5 Å². The Hall–Kier alpha value is -1.94. The molecular weight excluding hydrogens is 236 g/mol. The Balaban J connectivity index is 1.48. The molecule has 1 aliphatic heterocycles. The van der Waals surface area contributed by atoms with Crippen molar-refractivity contribution in [2.24, 2.45) is 0 Å². The number of aromatic nitrogens is 3. The van der Waals surface area contributed by atoms with Crippen LogP contribution in [0.4, 0.5) is 0 Å². The summed E-state index contributed by atoms with van der Waals surface area (Å²) in [5.74, 6) is 1.11. The lowest BCUT2D eigenvalue weighted by Crippen LogP contribution is -2.37. The van der Waals surface area contributed by atoms with Gasteiger partial charge in [-0.25, -0.2) is 9.67 Å². The number of fused-ring (bicyclic) bond motifs is 1. The first kappa shape index (κ1) is 12.1. The van der Waals surface area contributed by atoms with Crippen LogP contribution in [0.25, 0.3) is 6.08 Å². The molecule has 0 unspecified atom stereocenters. The van der Waals surface area contributed by atoms with Gasteiger partial charge in [-0.05, 0) is 12.0 Å². The first-order valence-corrected chi connectivity index (χ1v) is 6.73. The lowest BCUT2D eigenvalue weighted by Gasteiger charge is -2.22. The summed E-state index contributed by atoms with van der Waals surface area (Å²) in [5, 5.41) is 7.78. The fourth-order valence-corrected chi connectivity index (χ4v) is 2.40. The molecular formula is C15H18N4. The average Bonchev–Trinajstić information content (AvgIpc) is 2.92. The van der Waals surface area contributed by atoms with Gasteiger partial charge in [-0.3, -0.25) is 0 Å². The van der Waals surface area contributed by atoms with Crippen molar-refractivity contribution in [1.29, 1.82) is 0 Å². The molecule has 0 amide bonds. The number of nitrogens with one attached hydrogen (secondary N) is 1. The highest BCUT2D eigenvalue weighted by Crippen LogP contribution is 2.11. The number of benzene rings is 1. The Kier molecular flexibility index (Phi) is 3.70. The zero-order chi connectivity index (χ0) is 12.9. The number of hydrogen-bond acceptors (Lipinski definition) is 3. The monoisotopic (exact) mass is 254 g/mol. The van der Waals surface area contributed by atoms with E-state index < -0.39 is 0 Å². The number of nitrogens with zero attached hydrogens (tertiary/aromatic N) is 3. The molecule has 4 heteroatoms. The summed E-state index contributed by atoms with van der Waals surface area (Å²) >= 11 is 0. The Morgan fingerprint density at radius 3 is 3.11 bits per heavy atom. The van der Waals surface area contributed by atoms with Crippen molar-refractivity contribution < 1.29 is 0 Å². The van der Waals surface area contributed by atoms with Gasteiger partial charge in [-0.2, -0.15) is 5.10 Å². The van der Waals surface area contributed by atoms with Gasteiger partial charge in [0.2, 0.25) is 0 Å². The van der Waals surface area contributed by atoms with E-state index in [-0.39, 0.29) is 0 Å². The van der Waals surface area contributed by atoms with Gasteiger partial charge in [-0.15, -0.1) is 0 Å². The van der Waals surface area contributed by atoms with Crippen LogP contribution in [0.5, 0.6) is 0 Å². The van der Waals surface area contributed by atoms with Crippen LogP contribution in [0.3, 0.4) is 0 Å². The molecule has 0 radical (unpaired) electrons. The maximum atomic E-state index is 4.24. The van der Waals surface area contributed by atoms with Crippen LogP contribution in [0.1, 0.15) is 17.8 Å². The second-order valence-electron chi connectivity index (χ2n) is 4.82. The molecule has 2 aromatic rings. The van der Waals surface area contributed by atoms with Crippen molar-refractivity contribution >= 4 is 6.08 Å². The Morgan fingerprint density at radius 1 is 1.32 bits per heavy atom. The molecule has 1 aromatic carbocycles. The van der Waals surface area contributed by atoms with Crippen molar-refractivity contribution in [3.8, 4) is 0 Å². The summed E-state index contributed by atoms with van der Waals surface area (Å²) in [6.07, 6.45) is 8.12. The molecule has 0 spiro atoms. The Bertz CT molecular complexity index is 544. The van der Waals surface area contributed by atoms with Crippen molar-refractivity contribution in [3.05, 3.63) is 54.1 Å². The summed E-state index contributed by atoms with van der Waals surface area (Å²) in [6, 6.07) is 10.9. The quantitative estimate of drug-likeness (QED) is 0.906. The van der Waals surface area contributed by atoms with Crippen LogP contribution >= 0.6 is 0 Å². The SMILES string of the molecule is C(=C\c1ccccc1)/CN[C@@H]1CCc2ncnn2C1. The van der Waals surface area contributed by atoms with Gasteiger partial charge >= 0.3 is 0 Å². The molecule has 98 valence electrons. The van der Waals surface area contributed by atoms with Crippen LogP contribution in [0.15, 0.2) is 42.7 Å². The predicted molar refractivity (Wildman–Crippen MR) is 75.6 cm³/mol. The predicted octanol–water partition coefficient (Wildman–Crippen LogP) is 1.90. The summed E-state index contributed by atoms with van der Waals surface area (Å²) in [6.45, 7) is 1.82. The molecule has 2 heterocycles. The molecule has 1 N–H and O–H groups in total. The van der Waals surface area contributed by atoms with Gasteiger partial charge in [0.05, 0.1) is 6.54 Å². The highest BCUT2D eigenvalue weighted by atomic mass is 15.3. The van der Waals surface area contributed by atoms with Crippen LogP contribution in [0, 0.1) is 0 Å². The first-order valence-electron chi connectivity index (χ1n) is 6.73. The molecule has 0 bridgehead atoms. The van der Waals surface area contributed by atoms with Crippen molar-refractivity contribution in [3.63, 3.8) is 0 Å². The second kappa shape index (κ2) is 5.80.